The van der Waals surface area contributed by atoms with Gasteiger partial charge >= 0.3 is 0 Å². The zero-order valence-electron chi connectivity index (χ0n) is 16.2. The molecule has 2 aromatic carbocycles. The van der Waals surface area contributed by atoms with Crippen molar-refractivity contribution in [2.24, 2.45) is 0 Å². The van der Waals surface area contributed by atoms with Crippen molar-refractivity contribution >= 4 is 34.8 Å². The Morgan fingerprint density at radius 1 is 1.04 bits per heavy atom. The third-order valence-corrected chi connectivity index (χ3v) is 4.27. The van der Waals surface area contributed by atoms with Crippen LogP contribution in [0, 0.1) is 0 Å². The number of rotatable bonds is 7. The molecule has 0 aromatic heterocycles. The number of ether oxygens (including phenoxy) is 1. The maximum Gasteiger partial charge on any atom is 0.257 e. The topological polar surface area (TPSA) is 79.5 Å². The number of anilines is 1. The molecule has 6 nitrogen and oxygen atoms in total. The zero-order chi connectivity index (χ0) is 20.5. The average Bonchev–Trinajstić information content (AvgIpc) is 2.68. The second-order valence-corrected chi connectivity index (χ2v) is 6.60. The number of thiocarbonyl (C=S) groups is 1. The number of nitrogens with one attached hydrogen (secondary N) is 3. The van der Waals surface area contributed by atoms with Crippen molar-refractivity contribution in [2.75, 3.05) is 11.9 Å². The predicted molar refractivity (Wildman–Crippen MR) is 115 cm³/mol. The van der Waals surface area contributed by atoms with Crippen molar-refractivity contribution in [3.05, 3.63) is 59.7 Å². The molecule has 3 N–H and O–H groups in total. The molecule has 0 fully saturated rings. The van der Waals surface area contributed by atoms with Crippen molar-refractivity contribution in [1.29, 1.82) is 0 Å². The molecule has 1 atom stereocenters. The van der Waals surface area contributed by atoms with Crippen molar-refractivity contribution in [3.63, 3.8) is 0 Å². The van der Waals surface area contributed by atoms with Gasteiger partial charge in [0.25, 0.3) is 11.8 Å². The standard InChI is InChI=1S/C21H25N3O3S/c1-4-14(3)22-20(26)17-8-6-7-9-18(17)23-21(28)24-19(25)15-10-12-16(13-11-15)27-5-2/h6-14H,4-5H2,1-3H3,(H,22,26)(H2,23,24,25,28). The Morgan fingerprint density at radius 3 is 2.36 bits per heavy atom. The van der Waals surface area contributed by atoms with Gasteiger partial charge in [-0.3, -0.25) is 14.9 Å². The van der Waals surface area contributed by atoms with Gasteiger partial charge < -0.3 is 15.4 Å². The Kier molecular flexibility index (Phi) is 7.95. The van der Waals surface area contributed by atoms with Gasteiger partial charge in [0, 0.05) is 11.6 Å². The number of carbonyl (C=O) groups excluding carboxylic acids is 2. The summed E-state index contributed by atoms with van der Waals surface area (Å²) in [6.07, 6.45) is 0.831. The lowest BCUT2D eigenvalue weighted by molar-refractivity contribution is 0.0938. The van der Waals surface area contributed by atoms with Gasteiger partial charge in [0.05, 0.1) is 17.9 Å². The summed E-state index contributed by atoms with van der Waals surface area (Å²) < 4.78 is 5.36. The normalized spacial score (nSPS) is 11.2. The van der Waals surface area contributed by atoms with Crippen LogP contribution in [0.4, 0.5) is 5.69 Å². The van der Waals surface area contributed by atoms with Gasteiger partial charge in [0.1, 0.15) is 5.75 Å². The highest BCUT2D eigenvalue weighted by Crippen LogP contribution is 2.16. The summed E-state index contributed by atoms with van der Waals surface area (Å²) in [5, 5.41) is 8.59. The first-order chi connectivity index (χ1) is 13.4. The molecule has 1 unspecified atom stereocenters. The van der Waals surface area contributed by atoms with E-state index >= 15 is 0 Å². The summed E-state index contributed by atoms with van der Waals surface area (Å²) in [7, 11) is 0. The second kappa shape index (κ2) is 10.4. The lowest BCUT2D eigenvalue weighted by atomic mass is 10.1. The highest BCUT2D eigenvalue weighted by molar-refractivity contribution is 7.80. The van der Waals surface area contributed by atoms with Crippen LogP contribution in [0.1, 0.15) is 47.9 Å². The molecule has 0 spiro atoms. The molecule has 28 heavy (non-hydrogen) atoms. The summed E-state index contributed by atoms with van der Waals surface area (Å²) >= 11 is 5.24. The van der Waals surface area contributed by atoms with Crippen molar-refractivity contribution < 1.29 is 14.3 Å². The van der Waals surface area contributed by atoms with Crippen LogP contribution in [0.25, 0.3) is 0 Å². The SMILES string of the molecule is CCOc1ccc(C(=O)NC(=S)Nc2ccccc2C(=O)NC(C)CC)cc1. The Balaban J connectivity index is 2.03. The number of amides is 2. The van der Waals surface area contributed by atoms with Gasteiger partial charge in [0.2, 0.25) is 0 Å². The van der Waals surface area contributed by atoms with Gasteiger partial charge in [-0.25, -0.2) is 0 Å². The van der Waals surface area contributed by atoms with Crippen LogP contribution in [0.5, 0.6) is 5.75 Å². The van der Waals surface area contributed by atoms with E-state index in [-0.39, 0.29) is 23.0 Å². The van der Waals surface area contributed by atoms with Gasteiger partial charge in [-0.05, 0) is 68.9 Å². The summed E-state index contributed by atoms with van der Waals surface area (Å²) in [4.78, 5) is 24.8. The quantitative estimate of drug-likeness (QED) is 0.618. The van der Waals surface area contributed by atoms with Gasteiger partial charge in [0.15, 0.2) is 5.11 Å². The Bertz CT molecular complexity index is 837. The second-order valence-electron chi connectivity index (χ2n) is 6.19. The Hall–Kier alpha value is -2.93. The summed E-state index contributed by atoms with van der Waals surface area (Å²) in [6.45, 7) is 6.39. The van der Waals surface area contributed by atoms with Crippen LogP contribution in [0.3, 0.4) is 0 Å². The fraction of sp³-hybridized carbons (Fsp3) is 0.286. The minimum absolute atomic E-state index is 0.0619. The fourth-order valence-corrected chi connectivity index (χ4v) is 2.59. The molecule has 2 aromatic rings. The van der Waals surface area contributed by atoms with Gasteiger partial charge in [-0.15, -0.1) is 0 Å². The lowest BCUT2D eigenvalue weighted by Crippen LogP contribution is -2.36. The third-order valence-electron chi connectivity index (χ3n) is 4.06. The highest BCUT2D eigenvalue weighted by Gasteiger charge is 2.15. The van der Waals surface area contributed by atoms with E-state index in [9.17, 15) is 9.59 Å². The fourth-order valence-electron chi connectivity index (χ4n) is 2.39. The van der Waals surface area contributed by atoms with Gasteiger partial charge in [-0.1, -0.05) is 19.1 Å². The van der Waals surface area contributed by atoms with Crippen LogP contribution in [0.2, 0.25) is 0 Å². The zero-order valence-corrected chi connectivity index (χ0v) is 17.1. The molecule has 0 heterocycles. The number of carbonyl (C=O) groups is 2. The van der Waals surface area contributed by atoms with Gasteiger partial charge in [-0.2, -0.15) is 0 Å². The maximum absolute atomic E-state index is 12.5. The molecule has 0 aliphatic carbocycles. The van der Waals surface area contributed by atoms with E-state index in [1.54, 1.807) is 48.5 Å². The summed E-state index contributed by atoms with van der Waals surface area (Å²) in [5.41, 5.74) is 1.44. The number of benzene rings is 2. The summed E-state index contributed by atoms with van der Waals surface area (Å²) in [5.74, 6) is 0.154. The van der Waals surface area contributed by atoms with E-state index < -0.39 is 0 Å². The van der Waals surface area contributed by atoms with Crippen molar-refractivity contribution in [3.8, 4) is 5.75 Å². The monoisotopic (exact) mass is 399 g/mol. The van der Waals surface area contributed by atoms with Crippen molar-refractivity contribution in [2.45, 2.75) is 33.2 Å². The lowest BCUT2D eigenvalue weighted by Gasteiger charge is -2.16. The molecule has 7 heteroatoms. The van der Waals surface area contributed by atoms with Crippen molar-refractivity contribution in [1.82, 2.24) is 10.6 Å². The van der Waals surface area contributed by atoms with Crippen LogP contribution < -0.4 is 20.7 Å². The minimum Gasteiger partial charge on any atom is -0.494 e. The first-order valence-corrected chi connectivity index (χ1v) is 9.60. The van der Waals surface area contributed by atoms with E-state index in [4.69, 9.17) is 17.0 Å². The number of para-hydroxylation sites is 1. The van der Waals surface area contributed by atoms with E-state index in [0.717, 1.165) is 6.42 Å². The molecule has 0 bridgehead atoms. The van der Waals surface area contributed by atoms with E-state index in [1.807, 2.05) is 20.8 Å². The molecule has 0 saturated carbocycles. The van der Waals surface area contributed by atoms with Crippen LogP contribution in [-0.2, 0) is 0 Å². The molecular weight excluding hydrogens is 374 g/mol. The first kappa shape index (κ1) is 21.4. The Labute approximate surface area is 170 Å². The third kappa shape index (κ3) is 6.06. The molecule has 0 aliphatic heterocycles. The van der Waals surface area contributed by atoms with E-state index in [2.05, 4.69) is 16.0 Å². The highest BCUT2D eigenvalue weighted by atomic mass is 32.1. The molecule has 0 saturated heterocycles. The first-order valence-electron chi connectivity index (χ1n) is 9.19. The predicted octanol–water partition coefficient (Wildman–Crippen LogP) is 3.74. The Morgan fingerprint density at radius 2 is 1.71 bits per heavy atom. The van der Waals surface area contributed by atoms with E-state index in [0.29, 0.717) is 29.2 Å². The molecule has 148 valence electrons. The van der Waals surface area contributed by atoms with E-state index in [1.165, 1.54) is 0 Å². The van der Waals surface area contributed by atoms with Crippen LogP contribution >= 0.6 is 12.2 Å². The molecule has 0 aliphatic rings. The molecule has 0 radical (unpaired) electrons. The van der Waals surface area contributed by atoms with Crippen LogP contribution in [-0.4, -0.2) is 29.6 Å². The van der Waals surface area contributed by atoms with Crippen LogP contribution in [0.15, 0.2) is 48.5 Å². The minimum atomic E-state index is -0.345. The molecular formula is C21H25N3O3S. The number of hydrogen-bond acceptors (Lipinski definition) is 4. The average molecular weight is 400 g/mol. The maximum atomic E-state index is 12.5. The largest absolute Gasteiger partial charge is 0.494 e. The summed E-state index contributed by atoms with van der Waals surface area (Å²) in [6, 6.07) is 13.8. The number of hydrogen-bond donors (Lipinski definition) is 3. The smallest absolute Gasteiger partial charge is 0.257 e. The molecule has 2 amide bonds. The molecule has 2 rings (SSSR count).